The topological polar surface area (TPSA) is 127 Å². The molecule has 9 nitrogen and oxygen atoms in total. The smallest absolute Gasteiger partial charge is 0.326 e. The second-order valence-corrected chi connectivity index (χ2v) is 4.48. The highest BCUT2D eigenvalue weighted by Gasteiger charge is 2.28. The number of rotatable bonds is 8. The van der Waals surface area contributed by atoms with Gasteiger partial charge in [0.25, 0.3) is 5.91 Å². The zero-order chi connectivity index (χ0) is 16.0. The summed E-state index contributed by atoms with van der Waals surface area (Å²) in [5.74, 6) is -2.02. The number of carbonyl (C=O) groups is 2. The Morgan fingerprint density at radius 2 is 2.19 bits per heavy atom. The molecule has 1 heterocycles. The van der Waals surface area contributed by atoms with Crippen molar-refractivity contribution in [3.05, 3.63) is 22.0 Å². The monoisotopic (exact) mass is 298 g/mol. The van der Waals surface area contributed by atoms with Crippen molar-refractivity contribution in [2.75, 3.05) is 0 Å². The lowest BCUT2D eigenvalue weighted by Gasteiger charge is -2.12. The van der Waals surface area contributed by atoms with Crippen molar-refractivity contribution in [2.24, 2.45) is 0 Å². The number of nitrogens with zero attached hydrogens (tertiary/aromatic N) is 3. The van der Waals surface area contributed by atoms with Gasteiger partial charge in [0, 0.05) is 6.54 Å². The van der Waals surface area contributed by atoms with E-state index >= 15 is 0 Å². The van der Waals surface area contributed by atoms with Crippen molar-refractivity contribution in [1.82, 2.24) is 15.1 Å². The molecule has 2 N–H and O–H groups in total. The van der Waals surface area contributed by atoms with Gasteiger partial charge in [-0.3, -0.25) is 19.6 Å². The van der Waals surface area contributed by atoms with Gasteiger partial charge in [0.05, 0.1) is 4.92 Å². The molecular weight excluding hydrogens is 280 g/mol. The standard InChI is InChI=1S/C12H18N4O5/c1-3-5-6-8(12(18)19)13-11(17)10-9(16(20)21)7-15(4-2)14-10/h7-8H,3-6H2,1-2H3,(H,13,17)(H,18,19)/t8-/m0/s1. The zero-order valence-corrected chi connectivity index (χ0v) is 11.9. The van der Waals surface area contributed by atoms with E-state index in [4.69, 9.17) is 5.11 Å². The Bertz CT molecular complexity index is 540. The van der Waals surface area contributed by atoms with E-state index < -0.39 is 28.5 Å². The Hall–Kier alpha value is -2.45. The maximum absolute atomic E-state index is 12.0. The number of aromatic nitrogens is 2. The van der Waals surface area contributed by atoms with Crippen molar-refractivity contribution in [1.29, 1.82) is 0 Å². The van der Waals surface area contributed by atoms with Crippen LogP contribution < -0.4 is 5.32 Å². The molecule has 1 aromatic heterocycles. The first kappa shape index (κ1) is 16.6. The molecule has 0 bridgehead atoms. The van der Waals surface area contributed by atoms with Gasteiger partial charge in [-0.05, 0) is 13.3 Å². The second kappa shape index (κ2) is 7.36. The molecule has 0 spiro atoms. The number of carboxylic acid groups (broad SMARTS) is 1. The van der Waals surface area contributed by atoms with E-state index in [-0.39, 0.29) is 12.1 Å². The van der Waals surface area contributed by atoms with E-state index in [0.29, 0.717) is 13.0 Å². The summed E-state index contributed by atoms with van der Waals surface area (Å²) in [6.07, 6.45) is 2.82. The lowest BCUT2D eigenvalue weighted by molar-refractivity contribution is -0.385. The third-order valence-corrected chi connectivity index (χ3v) is 2.93. The number of nitro groups is 1. The maximum Gasteiger partial charge on any atom is 0.326 e. The molecule has 116 valence electrons. The molecule has 0 aliphatic heterocycles. The molecule has 1 atom stereocenters. The third-order valence-electron chi connectivity index (χ3n) is 2.93. The molecule has 9 heteroatoms. The van der Waals surface area contributed by atoms with Crippen LogP contribution >= 0.6 is 0 Å². The SMILES string of the molecule is CCCC[C@H](NC(=O)c1nn(CC)cc1[N+](=O)[O-])C(=O)O. The van der Waals surface area contributed by atoms with Crippen LogP contribution in [0.4, 0.5) is 5.69 Å². The number of aliphatic carboxylic acids is 1. The van der Waals surface area contributed by atoms with Gasteiger partial charge in [-0.25, -0.2) is 4.79 Å². The zero-order valence-electron chi connectivity index (χ0n) is 11.9. The van der Waals surface area contributed by atoms with Crippen molar-refractivity contribution in [3.63, 3.8) is 0 Å². The average molecular weight is 298 g/mol. The molecule has 0 saturated heterocycles. The minimum Gasteiger partial charge on any atom is -0.480 e. The number of carboxylic acids is 1. The first-order valence-corrected chi connectivity index (χ1v) is 6.66. The Morgan fingerprint density at radius 3 is 2.67 bits per heavy atom. The summed E-state index contributed by atoms with van der Waals surface area (Å²) in [4.78, 5) is 33.3. The van der Waals surface area contributed by atoms with Gasteiger partial charge in [-0.1, -0.05) is 19.8 Å². The molecule has 1 aromatic rings. The molecule has 0 radical (unpaired) electrons. The summed E-state index contributed by atoms with van der Waals surface area (Å²) in [5.41, 5.74) is -0.807. The van der Waals surface area contributed by atoms with Gasteiger partial charge >= 0.3 is 11.7 Å². The fourth-order valence-electron chi connectivity index (χ4n) is 1.76. The highest BCUT2D eigenvalue weighted by Crippen LogP contribution is 2.17. The summed E-state index contributed by atoms with van der Waals surface area (Å²) in [6, 6.07) is -1.08. The number of hydrogen-bond acceptors (Lipinski definition) is 5. The Labute approximate surface area is 121 Å². The van der Waals surface area contributed by atoms with Crippen LogP contribution in [0.25, 0.3) is 0 Å². The minimum absolute atomic E-state index is 0.264. The largest absolute Gasteiger partial charge is 0.480 e. The van der Waals surface area contributed by atoms with E-state index in [0.717, 1.165) is 12.6 Å². The van der Waals surface area contributed by atoms with Crippen molar-refractivity contribution >= 4 is 17.6 Å². The maximum atomic E-state index is 12.0. The quantitative estimate of drug-likeness (QED) is 0.548. The van der Waals surface area contributed by atoms with E-state index in [1.54, 1.807) is 6.92 Å². The van der Waals surface area contributed by atoms with E-state index in [2.05, 4.69) is 10.4 Å². The van der Waals surface area contributed by atoms with Gasteiger partial charge in [-0.2, -0.15) is 5.10 Å². The van der Waals surface area contributed by atoms with Crippen LogP contribution in [0.15, 0.2) is 6.20 Å². The van der Waals surface area contributed by atoms with Crippen LogP contribution in [0.2, 0.25) is 0 Å². The number of unbranched alkanes of at least 4 members (excludes halogenated alkanes) is 1. The van der Waals surface area contributed by atoms with Gasteiger partial charge in [0.1, 0.15) is 12.2 Å². The Kier molecular flexibility index (Phi) is 5.82. The Morgan fingerprint density at radius 1 is 1.52 bits per heavy atom. The van der Waals surface area contributed by atoms with Crippen molar-refractivity contribution in [2.45, 2.75) is 45.7 Å². The predicted octanol–water partition coefficient (Wildman–Crippen LogP) is 1.18. The number of carbonyl (C=O) groups excluding carboxylic acids is 1. The Balaban J connectivity index is 2.94. The molecule has 0 aromatic carbocycles. The molecular formula is C12H18N4O5. The number of hydrogen-bond donors (Lipinski definition) is 2. The van der Waals surface area contributed by atoms with Crippen LogP contribution in [0.1, 0.15) is 43.6 Å². The summed E-state index contributed by atoms with van der Waals surface area (Å²) in [5, 5.41) is 26.0. The third kappa shape index (κ3) is 4.26. The minimum atomic E-state index is -1.17. The average Bonchev–Trinajstić information content (AvgIpc) is 2.87. The molecule has 0 aliphatic carbocycles. The molecule has 1 amide bonds. The van der Waals surface area contributed by atoms with Gasteiger partial charge in [0.15, 0.2) is 0 Å². The number of amides is 1. The van der Waals surface area contributed by atoms with Crippen LogP contribution in [-0.4, -0.2) is 37.7 Å². The van der Waals surface area contributed by atoms with Gasteiger partial charge < -0.3 is 10.4 Å². The van der Waals surface area contributed by atoms with Crippen LogP contribution in [0.5, 0.6) is 0 Å². The molecule has 0 aliphatic rings. The first-order valence-electron chi connectivity index (χ1n) is 6.66. The molecule has 21 heavy (non-hydrogen) atoms. The van der Waals surface area contributed by atoms with Crippen LogP contribution in [0.3, 0.4) is 0 Å². The summed E-state index contributed by atoms with van der Waals surface area (Å²) in [7, 11) is 0. The van der Waals surface area contributed by atoms with Gasteiger partial charge in [0.2, 0.25) is 5.69 Å². The van der Waals surface area contributed by atoms with Crippen LogP contribution in [0, 0.1) is 10.1 Å². The lowest BCUT2D eigenvalue weighted by Crippen LogP contribution is -2.41. The second-order valence-electron chi connectivity index (χ2n) is 4.48. The fourth-order valence-corrected chi connectivity index (χ4v) is 1.76. The lowest BCUT2D eigenvalue weighted by atomic mass is 10.1. The molecule has 1 rings (SSSR count). The van der Waals surface area contributed by atoms with E-state index in [9.17, 15) is 19.7 Å². The van der Waals surface area contributed by atoms with Gasteiger partial charge in [-0.15, -0.1) is 0 Å². The highest BCUT2D eigenvalue weighted by atomic mass is 16.6. The van der Waals surface area contributed by atoms with Crippen molar-refractivity contribution < 1.29 is 19.6 Å². The summed E-state index contributed by atoms with van der Waals surface area (Å²) in [6.45, 7) is 3.99. The van der Waals surface area contributed by atoms with Crippen LogP contribution in [-0.2, 0) is 11.3 Å². The number of nitrogens with one attached hydrogen (secondary N) is 1. The molecule has 0 unspecified atom stereocenters. The van der Waals surface area contributed by atoms with Crippen molar-refractivity contribution in [3.8, 4) is 0 Å². The normalized spacial score (nSPS) is 11.9. The first-order chi connectivity index (χ1) is 9.90. The summed E-state index contributed by atoms with van der Waals surface area (Å²) >= 11 is 0. The number of aryl methyl sites for hydroxylation is 1. The van der Waals surface area contributed by atoms with E-state index in [1.165, 1.54) is 4.68 Å². The molecule has 0 saturated carbocycles. The fraction of sp³-hybridized carbons (Fsp3) is 0.583. The van der Waals surface area contributed by atoms with E-state index in [1.807, 2.05) is 6.92 Å². The predicted molar refractivity (Wildman–Crippen MR) is 73.0 cm³/mol. The molecule has 0 fully saturated rings. The highest BCUT2D eigenvalue weighted by molar-refractivity contribution is 5.98. The summed E-state index contributed by atoms with van der Waals surface area (Å²) < 4.78 is 1.26.